The number of hydrogen-bond donors (Lipinski definition) is 1. The first-order chi connectivity index (χ1) is 6.41. The minimum Gasteiger partial charge on any atom is -0.481 e. The van der Waals surface area contributed by atoms with Gasteiger partial charge in [-0.25, -0.2) is 0 Å². The number of aromatic nitrogens is 1. The monoisotopic (exact) mass is 209 g/mol. The maximum atomic E-state index is 12.3. The molecule has 78 valence electrons. The summed E-state index contributed by atoms with van der Waals surface area (Å²) in [6, 6.07) is 1.00. The van der Waals surface area contributed by atoms with Crippen molar-refractivity contribution >= 4 is 5.97 Å². The van der Waals surface area contributed by atoms with Gasteiger partial charge >= 0.3 is 12.1 Å². The zero-order valence-electron chi connectivity index (χ0n) is 6.78. The fourth-order valence-corrected chi connectivity index (χ4v) is 0.964. The molecule has 1 unspecified atom stereocenters. The Morgan fingerprint density at radius 3 is 2.64 bits per heavy atom. The Labute approximate surface area is 76.3 Å². The van der Waals surface area contributed by atoms with Crippen LogP contribution in [0.15, 0.2) is 16.9 Å². The van der Waals surface area contributed by atoms with Gasteiger partial charge in [-0.15, -0.1) is 0 Å². The first-order valence-electron chi connectivity index (χ1n) is 3.60. The number of carbonyl (C=O) groups is 1. The average Bonchev–Trinajstić information content (AvgIpc) is 2.49. The number of carboxylic acids is 1. The molecule has 1 aromatic rings. The maximum absolute atomic E-state index is 12.3. The number of hydrogen-bond acceptors (Lipinski definition) is 3. The summed E-state index contributed by atoms with van der Waals surface area (Å²) in [4.78, 5) is 10.2. The number of alkyl halides is 3. The van der Waals surface area contributed by atoms with E-state index in [2.05, 4.69) is 9.68 Å². The third kappa shape index (κ3) is 2.48. The van der Waals surface area contributed by atoms with Gasteiger partial charge in [0.1, 0.15) is 12.2 Å². The van der Waals surface area contributed by atoms with Crippen LogP contribution in [0.25, 0.3) is 0 Å². The van der Waals surface area contributed by atoms with Crippen LogP contribution in [0.4, 0.5) is 13.2 Å². The van der Waals surface area contributed by atoms with Crippen molar-refractivity contribution in [3.05, 3.63) is 18.0 Å². The Kier molecular flexibility index (Phi) is 2.78. The van der Waals surface area contributed by atoms with Gasteiger partial charge in [-0.1, -0.05) is 5.16 Å². The van der Waals surface area contributed by atoms with Gasteiger partial charge in [-0.05, 0) is 0 Å². The maximum Gasteiger partial charge on any atom is 0.397 e. The van der Waals surface area contributed by atoms with Crippen molar-refractivity contribution in [1.29, 1.82) is 0 Å². The fourth-order valence-electron chi connectivity index (χ4n) is 0.964. The van der Waals surface area contributed by atoms with Gasteiger partial charge in [0, 0.05) is 6.07 Å². The predicted molar refractivity (Wildman–Crippen MR) is 37.6 cm³/mol. The Balaban J connectivity index is 2.89. The number of carboxylic acid groups (broad SMARTS) is 1. The van der Waals surface area contributed by atoms with Gasteiger partial charge in [0.2, 0.25) is 0 Å². The SMILES string of the molecule is O=C(O)CC(c1ccon1)C(F)(F)F. The summed E-state index contributed by atoms with van der Waals surface area (Å²) < 4.78 is 41.1. The largest absolute Gasteiger partial charge is 0.481 e. The third-order valence-electron chi connectivity index (χ3n) is 1.59. The Bertz CT molecular complexity index is 306. The molecular weight excluding hydrogens is 203 g/mol. The molecule has 1 N–H and O–H groups in total. The van der Waals surface area contributed by atoms with E-state index in [0.29, 0.717) is 0 Å². The van der Waals surface area contributed by atoms with Gasteiger partial charge in [-0.2, -0.15) is 13.2 Å². The van der Waals surface area contributed by atoms with Crippen LogP contribution in [0, 0.1) is 0 Å². The molecule has 1 atom stereocenters. The molecule has 0 saturated carbocycles. The lowest BCUT2D eigenvalue weighted by atomic mass is 10.0. The second-order valence-corrected chi connectivity index (χ2v) is 2.62. The number of rotatable bonds is 3. The van der Waals surface area contributed by atoms with Crippen LogP contribution in [0.2, 0.25) is 0 Å². The molecule has 0 aliphatic carbocycles. The van der Waals surface area contributed by atoms with Crippen LogP contribution in [0.1, 0.15) is 18.0 Å². The highest BCUT2D eigenvalue weighted by molar-refractivity contribution is 5.68. The highest BCUT2D eigenvalue weighted by atomic mass is 19.4. The molecular formula is C7H6F3NO3. The van der Waals surface area contributed by atoms with E-state index < -0.39 is 30.2 Å². The molecule has 0 amide bonds. The lowest BCUT2D eigenvalue weighted by Gasteiger charge is -2.15. The number of nitrogens with zero attached hydrogens (tertiary/aromatic N) is 1. The fraction of sp³-hybridized carbons (Fsp3) is 0.429. The van der Waals surface area contributed by atoms with Crippen molar-refractivity contribution in [3.8, 4) is 0 Å². The summed E-state index contributed by atoms with van der Waals surface area (Å²) in [5.74, 6) is -3.64. The molecule has 0 aliphatic heterocycles. The van der Waals surface area contributed by atoms with Gasteiger partial charge in [0.25, 0.3) is 0 Å². The first-order valence-corrected chi connectivity index (χ1v) is 3.60. The van der Waals surface area contributed by atoms with Crippen molar-refractivity contribution in [2.24, 2.45) is 0 Å². The smallest absolute Gasteiger partial charge is 0.397 e. The van der Waals surface area contributed by atoms with E-state index in [4.69, 9.17) is 5.11 Å². The lowest BCUT2D eigenvalue weighted by molar-refractivity contribution is -0.164. The Morgan fingerprint density at radius 2 is 2.29 bits per heavy atom. The van der Waals surface area contributed by atoms with E-state index in [1.54, 1.807) is 0 Å². The second-order valence-electron chi connectivity index (χ2n) is 2.62. The minimum atomic E-state index is -4.63. The zero-order chi connectivity index (χ0) is 10.8. The van der Waals surface area contributed by atoms with Crippen LogP contribution < -0.4 is 0 Å². The van der Waals surface area contributed by atoms with Crippen molar-refractivity contribution in [3.63, 3.8) is 0 Å². The summed E-state index contributed by atoms with van der Waals surface area (Å²) >= 11 is 0. The molecule has 1 aromatic heterocycles. The molecule has 0 bridgehead atoms. The number of halogens is 3. The van der Waals surface area contributed by atoms with Gasteiger partial charge in [0.05, 0.1) is 12.1 Å². The van der Waals surface area contributed by atoms with E-state index in [0.717, 1.165) is 12.3 Å². The van der Waals surface area contributed by atoms with E-state index >= 15 is 0 Å². The Hall–Kier alpha value is -1.53. The van der Waals surface area contributed by atoms with E-state index in [1.807, 2.05) is 0 Å². The summed E-state index contributed by atoms with van der Waals surface area (Å²) in [5.41, 5.74) is -0.417. The summed E-state index contributed by atoms with van der Waals surface area (Å²) in [6.07, 6.45) is -4.71. The molecule has 0 aromatic carbocycles. The van der Waals surface area contributed by atoms with Gasteiger partial charge < -0.3 is 9.63 Å². The second kappa shape index (κ2) is 3.69. The summed E-state index contributed by atoms with van der Waals surface area (Å²) in [7, 11) is 0. The normalized spacial score (nSPS) is 13.9. The van der Waals surface area contributed by atoms with Crippen LogP contribution in [0.3, 0.4) is 0 Å². The van der Waals surface area contributed by atoms with Crippen LogP contribution in [0.5, 0.6) is 0 Å². The van der Waals surface area contributed by atoms with Crippen molar-refractivity contribution in [1.82, 2.24) is 5.16 Å². The van der Waals surface area contributed by atoms with Crippen molar-refractivity contribution in [2.75, 3.05) is 0 Å². The molecule has 0 saturated heterocycles. The average molecular weight is 209 g/mol. The molecule has 1 rings (SSSR count). The molecule has 1 heterocycles. The molecule has 4 nitrogen and oxygen atoms in total. The van der Waals surface area contributed by atoms with E-state index in [1.165, 1.54) is 0 Å². The van der Waals surface area contributed by atoms with E-state index in [-0.39, 0.29) is 0 Å². The molecule has 14 heavy (non-hydrogen) atoms. The van der Waals surface area contributed by atoms with Crippen molar-refractivity contribution in [2.45, 2.75) is 18.5 Å². The third-order valence-corrected chi connectivity index (χ3v) is 1.59. The standard InChI is InChI=1S/C7H6F3NO3/c8-7(9,10)4(3-6(12)13)5-1-2-14-11-5/h1-2,4H,3H2,(H,12,13). The summed E-state index contributed by atoms with van der Waals surface area (Å²) in [5, 5.41) is 11.4. The lowest BCUT2D eigenvalue weighted by Crippen LogP contribution is -2.23. The highest BCUT2D eigenvalue weighted by Crippen LogP contribution is 2.36. The Morgan fingerprint density at radius 1 is 1.64 bits per heavy atom. The number of aliphatic carboxylic acids is 1. The van der Waals surface area contributed by atoms with Crippen LogP contribution in [-0.2, 0) is 4.79 Å². The van der Waals surface area contributed by atoms with Gasteiger partial charge in [-0.3, -0.25) is 4.79 Å². The molecule has 0 spiro atoms. The molecule has 7 heteroatoms. The first kappa shape index (κ1) is 10.6. The van der Waals surface area contributed by atoms with E-state index in [9.17, 15) is 18.0 Å². The summed E-state index contributed by atoms with van der Waals surface area (Å²) in [6.45, 7) is 0. The quantitative estimate of drug-likeness (QED) is 0.824. The zero-order valence-corrected chi connectivity index (χ0v) is 6.78. The van der Waals surface area contributed by atoms with Crippen molar-refractivity contribution < 1.29 is 27.6 Å². The minimum absolute atomic E-state index is 0.417. The topological polar surface area (TPSA) is 63.3 Å². The highest BCUT2D eigenvalue weighted by Gasteiger charge is 2.43. The van der Waals surface area contributed by atoms with Gasteiger partial charge in [0.15, 0.2) is 0 Å². The molecule has 0 radical (unpaired) electrons. The predicted octanol–water partition coefficient (Wildman–Crippen LogP) is 1.80. The molecule has 0 fully saturated rings. The van der Waals surface area contributed by atoms with Crippen LogP contribution >= 0.6 is 0 Å². The molecule has 0 aliphatic rings. The van der Waals surface area contributed by atoms with Crippen LogP contribution in [-0.4, -0.2) is 22.4 Å².